The van der Waals surface area contributed by atoms with Gasteiger partial charge in [0, 0.05) is 37.3 Å². The molecule has 186 valence electrons. The molecule has 34 heavy (non-hydrogen) atoms. The number of hydrogen-bond acceptors (Lipinski definition) is 4. The van der Waals surface area contributed by atoms with Gasteiger partial charge in [-0.2, -0.15) is 13.2 Å². The maximum Gasteiger partial charge on any atom is 0.490 e. The lowest BCUT2D eigenvalue weighted by molar-refractivity contribution is -0.192. The smallest absolute Gasteiger partial charge is 0.475 e. The topological polar surface area (TPSA) is 106 Å². The second-order valence-electron chi connectivity index (χ2n) is 7.89. The number of amides is 1. The number of nitrogens with zero attached hydrogens (tertiary/aromatic N) is 2. The highest BCUT2D eigenvalue weighted by Gasteiger charge is 2.38. The zero-order chi connectivity index (χ0) is 25.8. The number of carboxylic acids is 1. The first kappa shape index (κ1) is 27.0. The molecule has 1 aliphatic rings. The Balaban J connectivity index is 0.000000509. The summed E-state index contributed by atoms with van der Waals surface area (Å²) in [6.07, 6.45) is -4.26. The quantitative estimate of drug-likeness (QED) is 0.643. The molecule has 0 unspecified atom stereocenters. The summed E-state index contributed by atoms with van der Waals surface area (Å²) < 4.78 is 60.5. The van der Waals surface area contributed by atoms with Crippen LogP contribution in [0.4, 0.5) is 22.0 Å². The van der Waals surface area contributed by atoms with E-state index in [4.69, 9.17) is 15.6 Å². The molecule has 0 radical (unpaired) electrons. The number of alkyl halides is 4. The number of pyridine rings is 1. The number of carbonyl (C=O) groups is 2. The van der Waals surface area contributed by atoms with Crippen molar-refractivity contribution in [2.75, 3.05) is 13.1 Å². The van der Waals surface area contributed by atoms with Gasteiger partial charge >= 0.3 is 12.1 Å². The first-order valence-electron chi connectivity index (χ1n) is 10.2. The summed E-state index contributed by atoms with van der Waals surface area (Å²) in [6.45, 7) is 2.34. The van der Waals surface area contributed by atoms with Crippen molar-refractivity contribution in [1.29, 1.82) is 0 Å². The molecule has 3 rings (SSSR count). The Morgan fingerprint density at radius 3 is 2.24 bits per heavy atom. The number of hydrogen-bond donors (Lipinski definition) is 2. The zero-order valence-electron chi connectivity index (χ0n) is 18.4. The normalized spacial score (nSPS) is 17.5. The zero-order valence-corrected chi connectivity index (χ0v) is 18.4. The summed E-state index contributed by atoms with van der Waals surface area (Å²) in [6, 6.07) is 7.24. The molecule has 1 aliphatic heterocycles. The molecule has 2 heterocycles. The van der Waals surface area contributed by atoms with Gasteiger partial charge in [-0.3, -0.25) is 9.59 Å². The van der Waals surface area contributed by atoms with Crippen molar-refractivity contribution in [2.45, 2.75) is 37.7 Å². The number of aromatic nitrogens is 1. The van der Waals surface area contributed by atoms with Crippen LogP contribution in [0.5, 0.6) is 0 Å². The number of rotatable bonds is 4. The Hall–Kier alpha value is -3.28. The van der Waals surface area contributed by atoms with Gasteiger partial charge in [0.15, 0.2) is 0 Å². The molecule has 7 nitrogen and oxygen atoms in total. The van der Waals surface area contributed by atoms with Crippen molar-refractivity contribution >= 4 is 11.9 Å². The molecule has 3 atom stereocenters. The second-order valence-corrected chi connectivity index (χ2v) is 7.89. The van der Waals surface area contributed by atoms with Gasteiger partial charge in [0.1, 0.15) is 12.0 Å². The van der Waals surface area contributed by atoms with Gasteiger partial charge in [-0.05, 0) is 17.5 Å². The molecule has 1 amide bonds. The fraction of sp³-hybridized carbons (Fsp3) is 0.409. The van der Waals surface area contributed by atoms with Crippen LogP contribution in [0, 0.1) is 5.82 Å². The van der Waals surface area contributed by atoms with Crippen LogP contribution in [0.2, 0.25) is 0 Å². The molecule has 1 fully saturated rings. The SMILES string of the molecule is C[C@@H](c1ccc(-c2cn(C)c(=O)cc2F)cc1)[C@H](N)C(=O)N1CC[C@H](F)C1.O=C(O)C(F)(F)F. The average molecular weight is 489 g/mol. The molecule has 0 saturated carbocycles. The van der Waals surface area contributed by atoms with Gasteiger partial charge in [-0.15, -0.1) is 0 Å². The molecule has 0 aliphatic carbocycles. The highest BCUT2D eigenvalue weighted by atomic mass is 19.4. The Labute approximate surface area is 191 Å². The van der Waals surface area contributed by atoms with Crippen LogP contribution < -0.4 is 11.3 Å². The molecular weight excluding hydrogens is 465 g/mol. The molecular formula is C22H24F5N3O4. The van der Waals surface area contributed by atoms with E-state index in [1.165, 1.54) is 15.7 Å². The van der Waals surface area contributed by atoms with E-state index in [2.05, 4.69) is 0 Å². The first-order valence-corrected chi connectivity index (χ1v) is 10.2. The van der Waals surface area contributed by atoms with E-state index in [0.29, 0.717) is 24.1 Å². The molecule has 1 saturated heterocycles. The van der Waals surface area contributed by atoms with Crippen molar-refractivity contribution in [2.24, 2.45) is 12.8 Å². The second kappa shape index (κ2) is 10.8. The van der Waals surface area contributed by atoms with Crippen LogP contribution >= 0.6 is 0 Å². The minimum atomic E-state index is -5.08. The molecule has 0 spiro atoms. The first-order chi connectivity index (χ1) is 15.7. The standard InChI is InChI=1S/C20H23F2N3O2.C2HF3O2/c1-12(19(23)20(27)25-8-7-15(21)10-25)13-3-5-14(6-4-13)16-11-24(2)18(26)9-17(16)22;3-2(4,5)1(6)7/h3-6,9,11-12,15,19H,7-8,10,23H2,1-2H3;(H,6,7)/t12-,15-,19-;/m0./s1. The van der Waals surface area contributed by atoms with Crippen molar-refractivity contribution in [3.63, 3.8) is 0 Å². The fourth-order valence-electron chi connectivity index (χ4n) is 3.34. The van der Waals surface area contributed by atoms with Crippen LogP contribution in [0.15, 0.2) is 41.3 Å². The highest BCUT2D eigenvalue weighted by Crippen LogP contribution is 2.26. The molecule has 0 bridgehead atoms. The lowest BCUT2D eigenvalue weighted by Crippen LogP contribution is -2.45. The van der Waals surface area contributed by atoms with E-state index in [9.17, 15) is 31.5 Å². The van der Waals surface area contributed by atoms with Crippen LogP contribution in [-0.2, 0) is 16.6 Å². The van der Waals surface area contributed by atoms with Gasteiger partial charge in [0.05, 0.1) is 12.6 Å². The van der Waals surface area contributed by atoms with E-state index in [1.54, 1.807) is 31.3 Å². The number of aliphatic carboxylic acids is 1. The number of halogens is 5. The van der Waals surface area contributed by atoms with Gasteiger partial charge in [-0.25, -0.2) is 13.6 Å². The Kier molecular flexibility index (Phi) is 8.54. The number of carbonyl (C=O) groups excluding carboxylic acids is 1. The predicted octanol–water partition coefficient (Wildman–Crippen LogP) is 2.83. The van der Waals surface area contributed by atoms with E-state index >= 15 is 0 Å². The molecule has 2 aromatic rings. The third kappa shape index (κ3) is 6.62. The summed E-state index contributed by atoms with van der Waals surface area (Å²) in [5.41, 5.74) is 7.48. The number of nitrogens with two attached hydrogens (primary N) is 1. The van der Waals surface area contributed by atoms with Crippen molar-refractivity contribution in [3.05, 3.63) is 58.3 Å². The maximum atomic E-state index is 14.1. The van der Waals surface area contributed by atoms with Gasteiger partial charge < -0.3 is 20.3 Å². The summed E-state index contributed by atoms with van der Waals surface area (Å²) in [7, 11) is 1.56. The summed E-state index contributed by atoms with van der Waals surface area (Å²) >= 11 is 0. The van der Waals surface area contributed by atoms with Crippen molar-refractivity contribution in [3.8, 4) is 11.1 Å². The van der Waals surface area contributed by atoms with Crippen molar-refractivity contribution in [1.82, 2.24) is 9.47 Å². The third-order valence-corrected chi connectivity index (χ3v) is 5.43. The largest absolute Gasteiger partial charge is 0.490 e. The van der Waals surface area contributed by atoms with Gasteiger partial charge in [-0.1, -0.05) is 31.2 Å². The summed E-state index contributed by atoms with van der Waals surface area (Å²) in [5.74, 6) is -3.86. The van der Waals surface area contributed by atoms with Crippen molar-refractivity contribution < 1.29 is 36.6 Å². The Bertz CT molecular complexity index is 1090. The average Bonchev–Trinajstić information content (AvgIpc) is 3.21. The monoisotopic (exact) mass is 489 g/mol. The minimum absolute atomic E-state index is 0.101. The highest BCUT2D eigenvalue weighted by molar-refractivity contribution is 5.83. The summed E-state index contributed by atoms with van der Waals surface area (Å²) in [5, 5.41) is 7.12. The predicted molar refractivity (Wildman–Crippen MR) is 113 cm³/mol. The number of benzene rings is 1. The number of aryl methyl sites for hydroxylation is 1. The van der Waals surface area contributed by atoms with E-state index < -0.39 is 35.7 Å². The molecule has 1 aromatic heterocycles. The lowest BCUT2D eigenvalue weighted by atomic mass is 9.91. The molecule has 3 N–H and O–H groups in total. The summed E-state index contributed by atoms with van der Waals surface area (Å²) in [4.78, 5) is 34.3. The Morgan fingerprint density at radius 2 is 1.76 bits per heavy atom. The van der Waals surface area contributed by atoms with E-state index in [-0.39, 0.29) is 18.4 Å². The van der Waals surface area contributed by atoms with E-state index in [0.717, 1.165) is 11.6 Å². The van der Waals surface area contributed by atoms with Crippen LogP contribution in [0.25, 0.3) is 11.1 Å². The van der Waals surface area contributed by atoms with Crippen LogP contribution in [0.1, 0.15) is 24.8 Å². The Morgan fingerprint density at radius 1 is 1.21 bits per heavy atom. The molecule has 12 heteroatoms. The number of carboxylic acid groups (broad SMARTS) is 1. The lowest BCUT2D eigenvalue weighted by Gasteiger charge is -2.25. The molecule has 1 aromatic carbocycles. The fourth-order valence-corrected chi connectivity index (χ4v) is 3.34. The van der Waals surface area contributed by atoms with Gasteiger partial charge in [0.2, 0.25) is 5.91 Å². The third-order valence-electron chi connectivity index (χ3n) is 5.43. The van der Waals surface area contributed by atoms with Crippen LogP contribution in [-0.4, -0.2) is 57.9 Å². The van der Waals surface area contributed by atoms with E-state index in [1.807, 2.05) is 6.92 Å². The maximum absolute atomic E-state index is 14.1. The van der Waals surface area contributed by atoms with Gasteiger partial charge in [0.25, 0.3) is 5.56 Å². The van der Waals surface area contributed by atoms with Crippen LogP contribution in [0.3, 0.4) is 0 Å². The minimum Gasteiger partial charge on any atom is -0.475 e. The number of likely N-dealkylation sites (tertiary alicyclic amines) is 1.